The van der Waals surface area contributed by atoms with Gasteiger partial charge in [-0.1, -0.05) is 12.1 Å². The van der Waals surface area contributed by atoms with Crippen LogP contribution in [0.1, 0.15) is 24.8 Å². The fraction of sp³-hybridized carbons (Fsp3) is 0.588. The quantitative estimate of drug-likeness (QED) is 0.878. The SMILES string of the molecule is CN(C)Cc1ccc(OCCC2CCN(C(=O)O)CC2)cc1. The minimum Gasteiger partial charge on any atom is -0.494 e. The number of carbonyl (C=O) groups is 1. The van der Waals surface area contributed by atoms with Crippen molar-refractivity contribution in [3.63, 3.8) is 0 Å². The van der Waals surface area contributed by atoms with Gasteiger partial charge in [0.25, 0.3) is 0 Å². The number of benzene rings is 1. The van der Waals surface area contributed by atoms with Crippen LogP contribution in [0.5, 0.6) is 5.75 Å². The average molecular weight is 306 g/mol. The van der Waals surface area contributed by atoms with E-state index in [0.717, 1.165) is 31.6 Å². The van der Waals surface area contributed by atoms with Crippen LogP contribution in [0.2, 0.25) is 0 Å². The Kier molecular flexibility index (Phi) is 6.07. The molecule has 0 unspecified atom stereocenters. The van der Waals surface area contributed by atoms with Crippen LogP contribution in [0.3, 0.4) is 0 Å². The molecule has 1 amide bonds. The smallest absolute Gasteiger partial charge is 0.407 e. The number of likely N-dealkylation sites (tertiary alicyclic amines) is 1. The van der Waals surface area contributed by atoms with Crippen molar-refractivity contribution in [1.82, 2.24) is 9.80 Å². The first-order valence-corrected chi connectivity index (χ1v) is 7.89. The maximum atomic E-state index is 10.9. The van der Waals surface area contributed by atoms with E-state index in [2.05, 4.69) is 31.1 Å². The van der Waals surface area contributed by atoms with Crippen LogP contribution in [0, 0.1) is 5.92 Å². The number of ether oxygens (including phenoxy) is 1. The number of hydrogen-bond donors (Lipinski definition) is 1. The summed E-state index contributed by atoms with van der Waals surface area (Å²) in [6.07, 6.45) is 2.08. The van der Waals surface area contributed by atoms with Crippen LogP contribution in [-0.2, 0) is 6.54 Å². The van der Waals surface area contributed by atoms with Gasteiger partial charge in [0, 0.05) is 19.6 Å². The zero-order chi connectivity index (χ0) is 15.9. The topological polar surface area (TPSA) is 53.0 Å². The lowest BCUT2D eigenvalue weighted by Gasteiger charge is -2.29. The van der Waals surface area contributed by atoms with Gasteiger partial charge in [-0.15, -0.1) is 0 Å². The van der Waals surface area contributed by atoms with E-state index in [-0.39, 0.29) is 0 Å². The average Bonchev–Trinajstić information content (AvgIpc) is 2.49. The van der Waals surface area contributed by atoms with Crippen molar-refractivity contribution in [1.29, 1.82) is 0 Å². The maximum absolute atomic E-state index is 10.9. The highest BCUT2D eigenvalue weighted by atomic mass is 16.5. The first-order chi connectivity index (χ1) is 10.5. The van der Waals surface area contributed by atoms with Crippen molar-refractivity contribution in [2.45, 2.75) is 25.8 Å². The van der Waals surface area contributed by atoms with E-state index in [0.29, 0.717) is 25.6 Å². The molecule has 1 aromatic rings. The van der Waals surface area contributed by atoms with Gasteiger partial charge >= 0.3 is 6.09 Å². The van der Waals surface area contributed by atoms with Crippen molar-refractivity contribution in [3.05, 3.63) is 29.8 Å². The summed E-state index contributed by atoms with van der Waals surface area (Å²) < 4.78 is 5.80. The molecule has 1 heterocycles. The Morgan fingerprint density at radius 2 is 1.91 bits per heavy atom. The lowest BCUT2D eigenvalue weighted by molar-refractivity contribution is 0.119. The van der Waals surface area contributed by atoms with E-state index in [1.54, 1.807) is 0 Å². The molecule has 5 heteroatoms. The number of rotatable bonds is 6. The van der Waals surface area contributed by atoms with Crippen molar-refractivity contribution >= 4 is 6.09 Å². The van der Waals surface area contributed by atoms with Gasteiger partial charge in [0.1, 0.15) is 5.75 Å². The molecule has 1 saturated heterocycles. The lowest BCUT2D eigenvalue weighted by Crippen LogP contribution is -2.37. The highest BCUT2D eigenvalue weighted by molar-refractivity contribution is 5.64. The molecule has 1 fully saturated rings. The molecule has 0 bridgehead atoms. The van der Waals surface area contributed by atoms with Crippen molar-refractivity contribution in [2.75, 3.05) is 33.8 Å². The van der Waals surface area contributed by atoms with E-state index in [1.807, 2.05) is 12.1 Å². The summed E-state index contributed by atoms with van der Waals surface area (Å²) in [6, 6.07) is 8.24. The third kappa shape index (κ3) is 5.22. The zero-order valence-corrected chi connectivity index (χ0v) is 13.5. The van der Waals surface area contributed by atoms with Crippen LogP contribution in [0.15, 0.2) is 24.3 Å². The van der Waals surface area contributed by atoms with Gasteiger partial charge in [0.05, 0.1) is 6.61 Å². The summed E-state index contributed by atoms with van der Waals surface area (Å²) in [5, 5.41) is 8.92. The summed E-state index contributed by atoms with van der Waals surface area (Å²) in [4.78, 5) is 14.5. The van der Waals surface area contributed by atoms with Crippen molar-refractivity contribution in [2.24, 2.45) is 5.92 Å². The molecule has 22 heavy (non-hydrogen) atoms. The van der Waals surface area contributed by atoms with Crippen LogP contribution >= 0.6 is 0 Å². The molecule has 1 aromatic carbocycles. The molecule has 0 radical (unpaired) electrons. The van der Waals surface area contributed by atoms with Gasteiger partial charge in [-0.2, -0.15) is 0 Å². The molecule has 1 N–H and O–H groups in total. The molecule has 0 saturated carbocycles. The maximum Gasteiger partial charge on any atom is 0.407 e. The van der Waals surface area contributed by atoms with Crippen molar-refractivity contribution < 1.29 is 14.6 Å². The van der Waals surface area contributed by atoms with Gasteiger partial charge in [-0.3, -0.25) is 0 Å². The molecule has 1 aliphatic rings. The molecule has 0 aliphatic carbocycles. The van der Waals surface area contributed by atoms with Crippen LogP contribution < -0.4 is 4.74 Å². The number of piperidine rings is 1. The first-order valence-electron chi connectivity index (χ1n) is 7.89. The molecule has 122 valence electrons. The Hall–Kier alpha value is -1.75. The van der Waals surface area contributed by atoms with E-state index in [9.17, 15) is 4.79 Å². The summed E-state index contributed by atoms with van der Waals surface area (Å²) >= 11 is 0. The molecule has 2 rings (SSSR count). The summed E-state index contributed by atoms with van der Waals surface area (Å²) in [7, 11) is 4.11. The number of carboxylic acid groups (broad SMARTS) is 1. The van der Waals surface area contributed by atoms with Gasteiger partial charge < -0.3 is 19.6 Å². The fourth-order valence-electron chi connectivity index (χ4n) is 2.81. The Morgan fingerprint density at radius 1 is 1.27 bits per heavy atom. The highest BCUT2D eigenvalue weighted by Gasteiger charge is 2.21. The molecule has 0 atom stereocenters. The monoisotopic (exact) mass is 306 g/mol. The Morgan fingerprint density at radius 3 is 2.45 bits per heavy atom. The molecular formula is C17H26N2O3. The molecule has 0 spiro atoms. The van der Waals surface area contributed by atoms with Crippen molar-refractivity contribution in [3.8, 4) is 5.75 Å². The summed E-state index contributed by atoms with van der Waals surface area (Å²) in [6.45, 7) is 2.94. The minimum absolute atomic E-state index is 0.573. The number of hydrogen-bond acceptors (Lipinski definition) is 3. The van der Waals surface area contributed by atoms with E-state index in [4.69, 9.17) is 9.84 Å². The molecule has 0 aromatic heterocycles. The third-order valence-corrected chi connectivity index (χ3v) is 4.10. The lowest BCUT2D eigenvalue weighted by atomic mass is 9.94. The van der Waals surface area contributed by atoms with Gasteiger partial charge in [0.15, 0.2) is 0 Å². The summed E-state index contributed by atoms with van der Waals surface area (Å²) in [5.74, 6) is 1.48. The first kappa shape index (κ1) is 16.6. The fourth-order valence-corrected chi connectivity index (χ4v) is 2.81. The predicted octanol–water partition coefficient (Wildman–Crippen LogP) is 2.91. The summed E-state index contributed by atoms with van der Waals surface area (Å²) in [5.41, 5.74) is 1.28. The van der Waals surface area contributed by atoms with Crippen LogP contribution in [0.4, 0.5) is 4.79 Å². The second-order valence-electron chi connectivity index (χ2n) is 6.23. The van der Waals surface area contributed by atoms with Crippen LogP contribution in [-0.4, -0.2) is 54.8 Å². The number of amides is 1. The number of nitrogens with zero attached hydrogens (tertiary/aromatic N) is 2. The predicted molar refractivity (Wildman–Crippen MR) is 86.3 cm³/mol. The van der Waals surface area contributed by atoms with E-state index < -0.39 is 6.09 Å². The van der Waals surface area contributed by atoms with Gasteiger partial charge in [-0.05, 0) is 57.0 Å². The van der Waals surface area contributed by atoms with Crippen LogP contribution in [0.25, 0.3) is 0 Å². The van der Waals surface area contributed by atoms with E-state index >= 15 is 0 Å². The zero-order valence-electron chi connectivity index (χ0n) is 13.5. The second kappa shape index (κ2) is 8.03. The Bertz CT molecular complexity index is 465. The standard InChI is InChI=1S/C17H26N2O3/c1-18(2)13-15-3-5-16(6-4-15)22-12-9-14-7-10-19(11-8-14)17(20)21/h3-6,14H,7-13H2,1-2H3,(H,20,21). The highest BCUT2D eigenvalue weighted by Crippen LogP contribution is 2.21. The Labute approximate surface area is 132 Å². The van der Waals surface area contributed by atoms with Gasteiger partial charge in [0.2, 0.25) is 0 Å². The van der Waals surface area contributed by atoms with E-state index in [1.165, 1.54) is 10.5 Å². The largest absolute Gasteiger partial charge is 0.494 e. The molecule has 5 nitrogen and oxygen atoms in total. The Balaban J connectivity index is 1.67. The second-order valence-corrected chi connectivity index (χ2v) is 6.23. The molecule has 1 aliphatic heterocycles. The normalized spacial score (nSPS) is 16.0. The minimum atomic E-state index is -0.799. The van der Waals surface area contributed by atoms with Gasteiger partial charge in [-0.25, -0.2) is 4.79 Å². The third-order valence-electron chi connectivity index (χ3n) is 4.10. The molecular weight excluding hydrogens is 280 g/mol.